The van der Waals surface area contributed by atoms with E-state index in [1.807, 2.05) is 41.7 Å². The Hall–Kier alpha value is -2.25. The van der Waals surface area contributed by atoms with Gasteiger partial charge in [0.15, 0.2) is 0 Å². The fraction of sp³-hybridized carbons (Fsp3) is 0.409. The lowest BCUT2D eigenvalue weighted by molar-refractivity contribution is -0.173. The van der Waals surface area contributed by atoms with Crippen molar-refractivity contribution in [3.8, 4) is 5.75 Å². The van der Waals surface area contributed by atoms with E-state index in [0.717, 1.165) is 43.7 Å². The second kappa shape index (κ2) is 11.2. The van der Waals surface area contributed by atoms with Gasteiger partial charge in [-0.25, -0.2) is 0 Å². The molecule has 0 unspecified atom stereocenters. The molecule has 3 rings (SSSR count). The van der Waals surface area contributed by atoms with Gasteiger partial charge in [0, 0.05) is 13.0 Å². The van der Waals surface area contributed by atoms with Crippen LogP contribution in [0, 0.1) is 0 Å². The first-order valence-corrected chi connectivity index (χ1v) is 9.79. The third-order valence-electron chi connectivity index (χ3n) is 5.05. The largest absolute Gasteiger partial charge is 0.493 e. The van der Waals surface area contributed by atoms with E-state index in [9.17, 15) is 18.0 Å². The normalized spacial score (nSPS) is 14.6. The summed E-state index contributed by atoms with van der Waals surface area (Å²) in [6.45, 7) is 2.14. The summed E-state index contributed by atoms with van der Waals surface area (Å²) >= 11 is 0. The van der Waals surface area contributed by atoms with Crippen molar-refractivity contribution in [1.29, 1.82) is 0 Å². The van der Waals surface area contributed by atoms with Crippen molar-refractivity contribution in [2.45, 2.75) is 37.9 Å². The van der Waals surface area contributed by atoms with Crippen LogP contribution in [-0.4, -0.2) is 31.8 Å². The molecule has 2 aromatic carbocycles. The maximum absolute atomic E-state index is 12.4. The number of carbonyl (C=O) groups is 1. The van der Waals surface area contributed by atoms with E-state index in [0.29, 0.717) is 12.2 Å². The molecule has 2 N–H and O–H groups in total. The summed E-state index contributed by atoms with van der Waals surface area (Å²) in [5, 5.41) is 5.25. The second-order valence-electron chi connectivity index (χ2n) is 7.16. The van der Waals surface area contributed by atoms with E-state index in [4.69, 9.17) is 4.74 Å². The molecule has 1 aliphatic heterocycles. The van der Waals surface area contributed by atoms with Crippen molar-refractivity contribution in [2.24, 2.45) is 0 Å². The minimum absolute atomic E-state index is 0. The van der Waals surface area contributed by atoms with Crippen LogP contribution in [0.4, 0.5) is 13.2 Å². The van der Waals surface area contributed by atoms with E-state index >= 15 is 0 Å². The third-order valence-corrected chi connectivity index (χ3v) is 5.05. The highest BCUT2D eigenvalue weighted by Crippen LogP contribution is 2.33. The molecule has 1 fully saturated rings. The van der Waals surface area contributed by atoms with Crippen molar-refractivity contribution in [3.63, 3.8) is 0 Å². The van der Waals surface area contributed by atoms with Crippen LogP contribution in [0.5, 0.6) is 5.75 Å². The number of amides is 1. The molecule has 0 aliphatic carbocycles. The molecule has 1 aliphatic rings. The highest BCUT2D eigenvalue weighted by atomic mass is 35.5. The zero-order valence-corrected chi connectivity index (χ0v) is 17.3. The molecule has 164 valence electrons. The summed E-state index contributed by atoms with van der Waals surface area (Å²) in [4.78, 5) is 11.1. The molecule has 0 bridgehead atoms. The van der Waals surface area contributed by atoms with Crippen LogP contribution in [0.25, 0.3) is 0 Å². The number of hydrogen-bond acceptors (Lipinski definition) is 3. The fourth-order valence-corrected chi connectivity index (χ4v) is 3.50. The van der Waals surface area contributed by atoms with Crippen molar-refractivity contribution in [2.75, 3.05) is 19.7 Å². The van der Waals surface area contributed by atoms with Crippen LogP contribution < -0.4 is 15.4 Å². The number of halogens is 4. The van der Waals surface area contributed by atoms with Crippen molar-refractivity contribution in [3.05, 3.63) is 65.2 Å². The lowest BCUT2D eigenvalue weighted by Crippen LogP contribution is -2.36. The Kier molecular flexibility index (Phi) is 8.99. The van der Waals surface area contributed by atoms with Gasteiger partial charge in [-0.3, -0.25) is 4.79 Å². The summed E-state index contributed by atoms with van der Waals surface area (Å²) < 4.78 is 43.3. The maximum atomic E-state index is 12.4. The number of carbonyl (C=O) groups excluding carboxylic acids is 1. The number of ether oxygens (including phenoxy) is 1. The van der Waals surface area contributed by atoms with Crippen molar-refractivity contribution in [1.82, 2.24) is 10.6 Å². The van der Waals surface area contributed by atoms with Gasteiger partial charge in [0.2, 0.25) is 0 Å². The molecule has 30 heavy (non-hydrogen) atoms. The van der Waals surface area contributed by atoms with Gasteiger partial charge in [-0.1, -0.05) is 42.5 Å². The molecular weight excluding hydrogens is 417 g/mol. The third kappa shape index (κ3) is 6.92. The Morgan fingerprint density at radius 2 is 1.77 bits per heavy atom. The molecule has 0 saturated carbocycles. The van der Waals surface area contributed by atoms with Gasteiger partial charge in [-0.15, -0.1) is 12.4 Å². The average molecular weight is 443 g/mol. The number of hydrogen-bond donors (Lipinski definition) is 2. The Morgan fingerprint density at radius 3 is 2.43 bits per heavy atom. The zero-order chi connectivity index (χ0) is 20.7. The number of piperidine rings is 1. The molecular formula is C22H26ClF3N2O2. The average Bonchev–Trinajstić information content (AvgIpc) is 2.73. The van der Waals surface area contributed by atoms with Gasteiger partial charge >= 0.3 is 12.1 Å². The predicted octanol–water partition coefficient (Wildman–Crippen LogP) is 4.38. The second-order valence-corrected chi connectivity index (χ2v) is 7.16. The Bertz CT molecular complexity index is 810. The molecule has 0 atom stereocenters. The Labute approximate surface area is 180 Å². The molecule has 0 spiro atoms. The topological polar surface area (TPSA) is 50.4 Å². The lowest BCUT2D eigenvalue weighted by atomic mass is 9.88. The monoisotopic (exact) mass is 442 g/mol. The number of nitrogens with one attached hydrogen (secondary N) is 2. The number of benzene rings is 2. The molecule has 2 aromatic rings. The summed E-state index contributed by atoms with van der Waals surface area (Å²) in [6.07, 6.45) is -2.23. The summed E-state index contributed by atoms with van der Waals surface area (Å²) in [5.74, 6) is -0.885. The van der Waals surface area contributed by atoms with Gasteiger partial charge < -0.3 is 15.4 Å². The lowest BCUT2D eigenvalue weighted by Gasteiger charge is -2.25. The fourth-order valence-electron chi connectivity index (χ4n) is 3.50. The van der Waals surface area contributed by atoms with E-state index in [1.165, 1.54) is 5.56 Å². The molecule has 1 heterocycles. The maximum Gasteiger partial charge on any atom is 0.471 e. The van der Waals surface area contributed by atoms with Gasteiger partial charge in [0.05, 0.1) is 6.61 Å². The van der Waals surface area contributed by atoms with Crippen LogP contribution in [-0.2, 0) is 17.8 Å². The van der Waals surface area contributed by atoms with Crippen molar-refractivity contribution < 1.29 is 22.7 Å². The minimum atomic E-state index is -4.88. The number of rotatable bonds is 7. The van der Waals surface area contributed by atoms with Crippen LogP contribution in [0.2, 0.25) is 0 Å². The Morgan fingerprint density at radius 1 is 1.07 bits per heavy atom. The molecule has 1 amide bonds. The zero-order valence-electron chi connectivity index (χ0n) is 16.5. The molecule has 0 aromatic heterocycles. The summed E-state index contributed by atoms with van der Waals surface area (Å²) in [5.41, 5.74) is 2.81. The summed E-state index contributed by atoms with van der Waals surface area (Å²) in [7, 11) is 0. The van der Waals surface area contributed by atoms with Crippen LogP contribution in [0.1, 0.15) is 35.4 Å². The van der Waals surface area contributed by atoms with Crippen LogP contribution in [0.15, 0.2) is 48.5 Å². The van der Waals surface area contributed by atoms with Gasteiger partial charge in [-0.05, 0) is 54.6 Å². The van der Waals surface area contributed by atoms with Gasteiger partial charge in [0.1, 0.15) is 5.75 Å². The molecule has 0 radical (unpaired) electrons. The highest BCUT2D eigenvalue weighted by Gasteiger charge is 2.38. The first-order chi connectivity index (χ1) is 13.9. The molecule has 1 saturated heterocycles. The minimum Gasteiger partial charge on any atom is -0.493 e. The first-order valence-electron chi connectivity index (χ1n) is 9.79. The quantitative estimate of drug-likeness (QED) is 0.669. The molecule has 4 nitrogen and oxygen atoms in total. The molecule has 8 heteroatoms. The predicted molar refractivity (Wildman–Crippen MR) is 112 cm³/mol. The van der Waals surface area contributed by atoms with E-state index in [-0.39, 0.29) is 24.9 Å². The van der Waals surface area contributed by atoms with E-state index < -0.39 is 12.1 Å². The van der Waals surface area contributed by atoms with E-state index in [2.05, 4.69) is 5.32 Å². The highest BCUT2D eigenvalue weighted by molar-refractivity contribution is 5.85. The van der Waals surface area contributed by atoms with Crippen molar-refractivity contribution >= 4 is 18.3 Å². The van der Waals surface area contributed by atoms with Crippen LogP contribution in [0.3, 0.4) is 0 Å². The number of alkyl halides is 3. The van der Waals surface area contributed by atoms with Crippen LogP contribution >= 0.6 is 12.4 Å². The van der Waals surface area contributed by atoms with Gasteiger partial charge in [-0.2, -0.15) is 13.2 Å². The van der Waals surface area contributed by atoms with Gasteiger partial charge in [0.25, 0.3) is 0 Å². The Balaban J connectivity index is 0.00000320. The standard InChI is InChI=1S/C22H25F3N2O2.ClH/c23-22(24,25)21(28)27-15-17-6-7-20(19(14-17)18-8-11-26-12-9-18)29-13-10-16-4-2-1-3-5-16;/h1-7,14,18,26H,8-13,15H2,(H,27,28);1H. The first kappa shape index (κ1) is 24.0. The van der Waals surface area contributed by atoms with E-state index in [1.54, 1.807) is 12.1 Å². The summed E-state index contributed by atoms with van der Waals surface area (Å²) in [6, 6.07) is 15.4. The SMILES string of the molecule is Cl.O=C(NCc1ccc(OCCc2ccccc2)c(C2CCNCC2)c1)C(F)(F)F. The smallest absolute Gasteiger partial charge is 0.471 e.